The summed E-state index contributed by atoms with van der Waals surface area (Å²) in [5, 5.41) is 15.1. The summed E-state index contributed by atoms with van der Waals surface area (Å²) in [5.41, 5.74) is 7.17. The number of benzene rings is 2. The third kappa shape index (κ3) is 9.74. The number of hydrogen-bond acceptors (Lipinski definition) is 5. The molecule has 2 aromatic rings. The van der Waals surface area contributed by atoms with Crippen molar-refractivity contribution in [1.29, 1.82) is 0 Å². The van der Waals surface area contributed by atoms with Crippen molar-refractivity contribution in [2.45, 2.75) is 69.4 Å². The van der Waals surface area contributed by atoms with E-state index in [4.69, 9.17) is 10.8 Å². The number of carboxylic acids is 1. The number of rotatable bonds is 14. The lowest BCUT2D eigenvalue weighted by molar-refractivity contribution is -0.138. The summed E-state index contributed by atoms with van der Waals surface area (Å²) in [7, 11) is 0. The second-order valence-electron chi connectivity index (χ2n) is 9.86. The molecule has 0 saturated carbocycles. The van der Waals surface area contributed by atoms with Crippen LogP contribution in [0, 0.1) is 0 Å². The standard InChI is InChI=1S/C28H37F3N4O3/c29-28(30,31)22-9-6-21(7-10-22)18-34-27(38)25(12-13-26(36)37)33-16-14-24(35-17-15-23(32)19-35)11-8-20-4-2-1-3-5-20/h1-7,9-10,23-25,33H,8,11-19,32H2,(H,34,38)(H,36,37)/t23?,24?,25-/m1/s1. The topological polar surface area (TPSA) is 108 Å². The molecular formula is C28H37F3N4O3. The van der Waals surface area contributed by atoms with Gasteiger partial charge in [-0.3, -0.25) is 14.5 Å². The van der Waals surface area contributed by atoms with Gasteiger partial charge >= 0.3 is 12.1 Å². The number of alkyl halides is 3. The van der Waals surface area contributed by atoms with Crippen molar-refractivity contribution in [3.05, 3.63) is 71.3 Å². The number of amides is 1. The van der Waals surface area contributed by atoms with Gasteiger partial charge in [-0.05, 0) is 61.9 Å². The average Bonchev–Trinajstić information content (AvgIpc) is 3.32. The second kappa shape index (κ2) is 14.3. The first-order valence-electron chi connectivity index (χ1n) is 13.0. The van der Waals surface area contributed by atoms with Crippen molar-refractivity contribution in [3.63, 3.8) is 0 Å². The van der Waals surface area contributed by atoms with E-state index in [1.54, 1.807) is 0 Å². The average molecular weight is 535 g/mol. The van der Waals surface area contributed by atoms with Crippen LogP contribution in [-0.4, -0.2) is 59.6 Å². The van der Waals surface area contributed by atoms with Gasteiger partial charge in [0.05, 0.1) is 11.6 Å². The quantitative estimate of drug-likeness (QED) is 0.295. The zero-order chi connectivity index (χ0) is 27.5. The van der Waals surface area contributed by atoms with Gasteiger partial charge in [0.25, 0.3) is 0 Å². The Labute approximate surface area is 221 Å². The fourth-order valence-electron chi connectivity index (χ4n) is 4.78. The number of nitrogens with zero attached hydrogens (tertiary/aromatic N) is 1. The first-order valence-corrected chi connectivity index (χ1v) is 13.0. The first kappa shape index (κ1) is 29.6. The summed E-state index contributed by atoms with van der Waals surface area (Å²) in [5.74, 6) is -1.38. The van der Waals surface area contributed by atoms with Crippen molar-refractivity contribution < 1.29 is 27.9 Å². The number of hydrogen-bond donors (Lipinski definition) is 4. The summed E-state index contributed by atoms with van der Waals surface area (Å²) >= 11 is 0. The van der Waals surface area contributed by atoms with Crippen LogP contribution in [0.1, 0.15) is 48.8 Å². The predicted molar refractivity (Wildman–Crippen MR) is 139 cm³/mol. The molecule has 1 amide bonds. The van der Waals surface area contributed by atoms with E-state index in [0.29, 0.717) is 12.1 Å². The highest BCUT2D eigenvalue weighted by Gasteiger charge is 2.30. The minimum atomic E-state index is -4.42. The molecule has 1 saturated heterocycles. The third-order valence-electron chi connectivity index (χ3n) is 6.96. The molecule has 38 heavy (non-hydrogen) atoms. The van der Waals surface area contributed by atoms with E-state index >= 15 is 0 Å². The fraction of sp³-hybridized carbons (Fsp3) is 0.500. The molecule has 208 valence electrons. The summed E-state index contributed by atoms with van der Waals surface area (Å²) in [6.45, 7) is 2.32. The molecule has 7 nitrogen and oxygen atoms in total. The number of carbonyl (C=O) groups is 2. The van der Waals surface area contributed by atoms with Crippen molar-refractivity contribution in [3.8, 4) is 0 Å². The van der Waals surface area contributed by atoms with E-state index < -0.39 is 23.8 Å². The third-order valence-corrected chi connectivity index (χ3v) is 6.96. The van der Waals surface area contributed by atoms with Gasteiger partial charge in [0.1, 0.15) is 0 Å². The van der Waals surface area contributed by atoms with E-state index in [1.165, 1.54) is 17.7 Å². The van der Waals surface area contributed by atoms with Gasteiger partial charge in [0.2, 0.25) is 5.91 Å². The largest absolute Gasteiger partial charge is 0.481 e. The molecule has 2 aromatic carbocycles. The second-order valence-corrected chi connectivity index (χ2v) is 9.86. The highest BCUT2D eigenvalue weighted by atomic mass is 19.4. The van der Waals surface area contributed by atoms with Crippen molar-refractivity contribution in [2.75, 3.05) is 19.6 Å². The number of nitrogens with one attached hydrogen (secondary N) is 2. The van der Waals surface area contributed by atoms with Crippen LogP contribution in [0.15, 0.2) is 54.6 Å². The van der Waals surface area contributed by atoms with Gasteiger partial charge in [0.15, 0.2) is 0 Å². The zero-order valence-corrected chi connectivity index (χ0v) is 21.4. The van der Waals surface area contributed by atoms with E-state index in [2.05, 4.69) is 27.7 Å². The summed E-state index contributed by atoms with van der Waals surface area (Å²) in [6, 6.07) is 14.5. The van der Waals surface area contributed by atoms with E-state index in [1.807, 2.05) is 18.2 Å². The van der Waals surface area contributed by atoms with Crippen LogP contribution in [0.3, 0.4) is 0 Å². The SMILES string of the molecule is NC1CCN(C(CCN[C@H](CCC(=O)O)C(=O)NCc2ccc(C(F)(F)F)cc2)CCc2ccccc2)C1. The highest BCUT2D eigenvalue weighted by Crippen LogP contribution is 2.29. The monoisotopic (exact) mass is 534 g/mol. The van der Waals surface area contributed by atoms with Crippen molar-refractivity contribution in [1.82, 2.24) is 15.5 Å². The number of halogens is 3. The van der Waals surface area contributed by atoms with Crippen LogP contribution < -0.4 is 16.4 Å². The number of carboxylic acid groups (broad SMARTS) is 1. The molecule has 0 bridgehead atoms. The van der Waals surface area contributed by atoms with Gasteiger partial charge in [-0.1, -0.05) is 42.5 Å². The number of nitrogens with two attached hydrogens (primary N) is 1. The maximum Gasteiger partial charge on any atom is 0.416 e. The van der Waals surface area contributed by atoms with Gasteiger partial charge in [-0.2, -0.15) is 13.2 Å². The molecule has 3 rings (SSSR count). The summed E-state index contributed by atoms with van der Waals surface area (Å²) in [4.78, 5) is 26.4. The zero-order valence-electron chi connectivity index (χ0n) is 21.4. The van der Waals surface area contributed by atoms with E-state index in [-0.39, 0.29) is 37.4 Å². The minimum absolute atomic E-state index is 0.0492. The molecule has 0 aromatic heterocycles. The Morgan fingerprint density at radius 1 is 1.03 bits per heavy atom. The molecule has 10 heteroatoms. The molecular weight excluding hydrogens is 497 g/mol. The number of likely N-dealkylation sites (tertiary alicyclic amines) is 1. The molecule has 5 N–H and O–H groups in total. The fourth-order valence-corrected chi connectivity index (χ4v) is 4.78. The Hall–Kier alpha value is -2.95. The number of aliphatic carboxylic acids is 1. The summed E-state index contributed by atoms with van der Waals surface area (Å²) in [6.07, 6.45) is -0.905. The van der Waals surface area contributed by atoms with Crippen LogP contribution >= 0.6 is 0 Å². The maximum atomic E-state index is 12.9. The Balaban J connectivity index is 1.55. The molecule has 0 aliphatic carbocycles. The highest BCUT2D eigenvalue weighted by molar-refractivity contribution is 5.82. The Kier molecular flexibility index (Phi) is 11.1. The molecule has 1 aliphatic heterocycles. The lowest BCUT2D eigenvalue weighted by Gasteiger charge is -2.29. The van der Waals surface area contributed by atoms with E-state index in [9.17, 15) is 22.8 Å². The lowest BCUT2D eigenvalue weighted by Crippen LogP contribution is -2.46. The van der Waals surface area contributed by atoms with Gasteiger partial charge < -0.3 is 21.5 Å². The van der Waals surface area contributed by atoms with Crippen molar-refractivity contribution in [2.24, 2.45) is 5.73 Å². The van der Waals surface area contributed by atoms with Crippen LogP contribution in [0.5, 0.6) is 0 Å². The lowest BCUT2D eigenvalue weighted by atomic mass is 10.0. The Morgan fingerprint density at radius 3 is 2.34 bits per heavy atom. The minimum Gasteiger partial charge on any atom is -0.481 e. The molecule has 1 heterocycles. The van der Waals surface area contributed by atoms with Gasteiger partial charge in [0, 0.05) is 38.1 Å². The molecule has 2 unspecified atom stereocenters. The molecule has 3 atom stereocenters. The smallest absolute Gasteiger partial charge is 0.416 e. The van der Waals surface area contributed by atoms with Crippen LogP contribution in [-0.2, 0) is 28.7 Å². The normalized spacial score (nSPS) is 17.7. The van der Waals surface area contributed by atoms with Gasteiger partial charge in [-0.25, -0.2) is 0 Å². The molecule has 1 fully saturated rings. The molecule has 0 radical (unpaired) electrons. The number of aryl methyl sites for hydroxylation is 1. The molecule has 0 spiro atoms. The molecule has 1 aliphatic rings. The van der Waals surface area contributed by atoms with E-state index in [0.717, 1.165) is 50.9 Å². The van der Waals surface area contributed by atoms with Crippen LogP contribution in [0.2, 0.25) is 0 Å². The predicted octanol–water partition coefficient (Wildman–Crippen LogP) is 3.57. The Morgan fingerprint density at radius 2 is 1.74 bits per heavy atom. The van der Waals surface area contributed by atoms with Crippen LogP contribution in [0.4, 0.5) is 13.2 Å². The van der Waals surface area contributed by atoms with Gasteiger partial charge in [-0.15, -0.1) is 0 Å². The van der Waals surface area contributed by atoms with Crippen molar-refractivity contribution >= 4 is 11.9 Å². The number of carbonyl (C=O) groups excluding carboxylic acids is 1. The first-order chi connectivity index (χ1) is 18.1. The summed E-state index contributed by atoms with van der Waals surface area (Å²) < 4.78 is 38.3. The Bertz CT molecular complexity index is 1020. The maximum absolute atomic E-state index is 12.9. The van der Waals surface area contributed by atoms with Crippen LogP contribution in [0.25, 0.3) is 0 Å².